The van der Waals surface area contributed by atoms with Crippen molar-refractivity contribution < 1.29 is 14.7 Å². The van der Waals surface area contributed by atoms with E-state index < -0.39 is 6.09 Å². The van der Waals surface area contributed by atoms with Gasteiger partial charge < -0.3 is 10.4 Å². The van der Waals surface area contributed by atoms with Crippen molar-refractivity contribution >= 4 is 46.1 Å². The fraction of sp³-hybridized carbons (Fsp3) is 0.286. The molecule has 0 aliphatic rings. The van der Waals surface area contributed by atoms with Crippen LogP contribution in [0.5, 0.6) is 0 Å². The Hall–Kier alpha value is -2.26. The number of nitrogens with one attached hydrogen (secondary N) is 2. The zero-order valence-corrected chi connectivity index (χ0v) is 14.0. The number of aryl methyl sites for hydroxylation is 2. The molecule has 0 aromatic carbocycles. The fourth-order valence-electron chi connectivity index (χ4n) is 1.76. The molecule has 23 heavy (non-hydrogen) atoms. The van der Waals surface area contributed by atoms with Gasteiger partial charge in [-0.3, -0.25) is 15.1 Å². The second-order valence-electron chi connectivity index (χ2n) is 4.61. The van der Waals surface area contributed by atoms with E-state index in [9.17, 15) is 9.59 Å². The van der Waals surface area contributed by atoms with Crippen LogP contribution in [0.1, 0.15) is 22.4 Å². The van der Waals surface area contributed by atoms with Crippen LogP contribution in [0.15, 0.2) is 22.5 Å². The largest absolute Gasteiger partial charge is 0.465 e. The van der Waals surface area contributed by atoms with Crippen molar-refractivity contribution in [3.05, 3.63) is 33.0 Å². The van der Waals surface area contributed by atoms with Crippen LogP contribution in [0.3, 0.4) is 0 Å². The summed E-state index contributed by atoms with van der Waals surface area (Å²) in [4.78, 5) is 31.9. The van der Waals surface area contributed by atoms with Gasteiger partial charge in [0.2, 0.25) is 5.91 Å². The summed E-state index contributed by atoms with van der Waals surface area (Å²) in [5.41, 5.74) is 0.956. The average molecular weight is 352 g/mol. The second-order valence-corrected chi connectivity index (χ2v) is 6.72. The fourth-order valence-corrected chi connectivity index (χ4v) is 3.50. The van der Waals surface area contributed by atoms with E-state index in [1.165, 1.54) is 29.5 Å². The molecule has 2 aromatic rings. The first-order valence-corrected chi connectivity index (χ1v) is 8.50. The molecule has 2 aromatic heterocycles. The maximum Gasteiger partial charge on any atom is 0.409 e. The number of carbonyl (C=O) groups excluding carboxylic acids is 1. The van der Waals surface area contributed by atoms with Crippen molar-refractivity contribution in [3.8, 4) is 0 Å². The third kappa shape index (κ3) is 6.17. The normalized spacial score (nSPS) is 10.8. The first-order chi connectivity index (χ1) is 11.0. The molecule has 2 rings (SSSR count). The van der Waals surface area contributed by atoms with Crippen molar-refractivity contribution in [2.24, 2.45) is 4.99 Å². The number of carboxylic acid groups (broad SMARTS) is 1. The van der Waals surface area contributed by atoms with Crippen molar-refractivity contribution in [1.29, 1.82) is 0 Å². The molecular weight excluding hydrogens is 336 g/mol. The highest BCUT2D eigenvalue weighted by Crippen LogP contribution is 2.21. The minimum atomic E-state index is -1.12. The number of rotatable bonds is 7. The molecule has 0 fully saturated rings. The van der Waals surface area contributed by atoms with E-state index in [4.69, 9.17) is 5.11 Å². The molecule has 3 N–H and O–H groups in total. The zero-order valence-electron chi connectivity index (χ0n) is 12.4. The summed E-state index contributed by atoms with van der Waals surface area (Å²) < 4.78 is 0. The van der Waals surface area contributed by atoms with E-state index >= 15 is 0 Å². The van der Waals surface area contributed by atoms with Crippen LogP contribution in [-0.4, -0.2) is 28.4 Å². The van der Waals surface area contributed by atoms with Gasteiger partial charge >= 0.3 is 6.09 Å². The van der Waals surface area contributed by atoms with Gasteiger partial charge in [0, 0.05) is 22.1 Å². The van der Waals surface area contributed by atoms with Crippen molar-refractivity contribution in [2.45, 2.75) is 26.3 Å². The van der Waals surface area contributed by atoms with Crippen LogP contribution in [0, 0.1) is 0 Å². The van der Waals surface area contributed by atoms with E-state index in [0.717, 1.165) is 23.4 Å². The quantitative estimate of drug-likeness (QED) is 0.526. The maximum absolute atomic E-state index is 11.0. The van der Waals surface area contributed by atoms with Gasteiger partial charge in [-0.15, -0.1) is 22.7 Å². The Morgan fingerprint density at radius 3 is 2.87 bits per heavy atom. The molecule has 0 radical (unpaired) electrons. The predicted octanol–water partition coefficient (Wildman–Crippen LogP) is 2.74. The van der Waals surface area contributed by atoms with Crippen LogP contribution in [0.4, 0.5) is 9.93 Å². The number of aliphatic imine (C=N–C) groups is 1. The van der Waals surface area contributed by atoms with Crippen LogP contribution >= 0.6 is 22.7 Å². The molecule has 0 spiro atoms. The third-order valence-electron chi connectivity index (χ3n) is 2.71. The molecule has 0 aliphatic carbocycles. The molecule has 2 amide bonds. The molecule has 2 heterocycles. The van der Waals surface area contributed by atoms with E-state index in [2.05, 4.69) is 20.6 Å². The Morgan fingerprint density at radius 2 is 2.13 bits per heavy atom. The Balaban J connectivity index is 1.80. The summed E-state index contributed by atoms with van der Waals surface area (Å²) >= 11 is 3.07. The summed E-state index contributed by atoms with van der Waals surface area (Å²) in [6, 6.07) is 4.03. The minimum absolute atomic E-state index is 0.119. The van der Waals surface area contributed by atoms with Gasteiger partial charge in [-0.1, -0.05) is 0 Å². The third-order valence-corrected chi connectivity index (χ3v) is 4.64. The van der Waals surface area contributed by atoms with Crippen molar-refractivity contribution in [1.82, 2.24) is 10.3 Å². The summed E-state index contributed by atoms with van der Waals surface area (Å²) in [6.45, 7) is 1.91. The van der Waals surface area contributed by atoms with Gasteiger partial charge in [0.05, 0.1) is 18.6 Å². The van der Waals surface area contributed by atoms with Gasteiger partial charge in [-0.25, -0.2) is 9.78 Å². The number of aromatic nitrogens is 1. The molecule has 122 valence electrons. The summed E-state index contributed by atoms with van der Waals surface area (Å²) in [5.74, 6) is -0.119. The predicted molar refractivity (Wildman–Crippen MR) is 91.5 cm³/mol. The van der Waals surface area contributed by atoms with E-state index in [-0.39, 0.29) is 5.91 Å². The molecule has 0 bridgehead atoms. The van der Waals surface area contributed by atoms with Crippen molar-refractivity contribution in [3.63, 3.8) is 0 Å². The molecule has 0 saturated heterocycles. The van der Waals surface area contributed by atoms with Gasteiger partial charge in [0.1, 0.15) is 0 Å². The van der Waals surface area contributed by atoms with Gasteiger partial charge in [-0.2, -0.15) is 0 Å². The number of thiophene rings is 1. The lowest BCUT2D eigenvalue weighted by molar-refractivity contribution is -0.114. The summed E-state index contributed by atoms with van der Waals surface area (Å²) in [5, 5.41) is 15.7. The number of carbonyl (C=O) groups is 2. The second kappa shape index (κ2) is 8.39. The molecular formula is C14H16N4O3S2. The van der Waals surface area contributed by atoms with Gasteiger partial charge in [0.25, 0.3) is 0 Å². The van der Waals surface area contributed by atoms with E-state index in [0.29, 0.717) is 11.7 Å². The number of amides is 2. The number of thiazole rings is 1. The van der Waals surface area contributed by atoms with E-state index in [1.54, 1.807) is 11.3 Å². The Morgan fingerprint density at radius 1 is 1.35 bits per heavy atom. The Bertz CT molecular complexity index is 708. The highest BCUT2D eigenvalue weighted by atomic mass is 32.1. The minimum Gasteiger partial charge on any atom is -0.465 e. The maximum atomic E-state index is 11.0. The summed E-state index contributed by atoms with van der Waals surface area (Å²) in [7, 11) is 0. The average Bonchev–Trinajstić information content (AvgIpc) is 3.10. The smallest absolute Gasteiger partial charge is 0.409 e. The number of hydrogen-bond acceptors (Lipinski definition) is 6. The lowest BCUT2D eigenvalue weighted by Gasteiger charge is -1.96. The molecule has 0 atom stereocenters. The topological polar surface area (TPSA) is 104 Å². The molecule has 0 unspecified atom stereocenters. The number of anilines is 1. The zero-order chi connectivity index (χ0) is 16.7. The van der Waals surface area contributed by atoms with Crippen LogP contribution in [-0.2, 0) is 24.2 Å². The SMILES string of the molecule is CC(=O)Nc1nc(CCc2ccc(CN=CNC(=O)O)s2)cs1. The standard InChI is InChI=1S/C14H16N4O3S2/c1-9(19)17-13-18-10(7-22-13)2-3-11-4-5-12(23-11)6-15-8-16-14(20)21/h4-5,7-8H,2-3,6H2,1H3,(H,15,16)(H,20,21)(H,17,18,19). The highest BCUT2D eigenvalue weighted by Gasteiger charge is 2.05. The van der Waals surface area contributed by atoms with Crippen LogP contribution in [0.25, 0.3) is 0 Å². The van der Waals surface area contributed by atoms with E-state index in [1.807, 2.05) is 17.5 Å². The molecule has 0 saturated carbocycles. The first kappa shape index (κ1) is 17.1. The monoisotopic (exact) mass is 352 g/mol. The molecule has 0 aliphatic heterocycles. The number of hydrogen-bond donors (Lipinski definition) is 3. The van der Waals surface area contributed by atoms with Gasteiger partial charge in [0.15, 0.2) is 5.13 Å². The van der Waals surface area contributed by atoms with Crippen LogP contribution < -0.4 is 10.6 Å². The number of nitrogens with zero attached hydrogens (tertiary/aromatic N) is 2. The lowest BCUT2D eigenvalue weighted by atomic mass is 10.2. The summed E-state index contributed by atoms with van der Waals surface area (Å²) in [6.07, 6.45) is 1.73. The molecule has 9 heteroatoms. The Labute approximate surface area is 141 Å². The lowest BCUT2D eigenvalue weighted by Crippen LogP contribution is -2.18. The Kier molecular flexibility index (Phi) is 6.24. The van der Waals surface area contributed by atoms with Crippen LogP contribution in [0.2, 0.25) is 0 Å². The molecule has 7 nitrogen and oxygen atoms in total. The van der Waals surface area contributed by atoms with Crippen molar-refractivity contribution in [2.75, 3.05) is 5.32 Å². The van der Waals surface area contributed by atoms with Gasteiger partial charge in [-0.05, 0) is 25.0 Å². The highest BCUT2D eigenvalue weighted by molar-refractivity contribution is 7.14. The first-order valence-electron chi connectivity index (χ1n) is 6.80.